The molecule has 2 aliphatic rings. The maximum atomic E-state index is 12.9. The van der Waals surface area contributed by atoms with Crippen LogP contribution in [0.25, 0.3) is 0 Å². The van der Waals surface area contributed by atoms with Gasteiger partial charge in [0, 0.05) is 32.7 Å². The van der Waals surface area contributed by atoms with Gasteiger partial charge in [0.15, 0.2) is 0 Å². The first-order valence-corrected chi connectivity index (χ1v) is 11.1. The molecule has 1 atom stereocenters. The SMILES string of the molecule is Cc1ccc(S(=O)(=O)N2CCN(C(=O)CN3CCCC(C(F)(F)F)C3)CC2)cc1. The van der Waals surface area contributed by atoms with Gasteiger partial charge in [-0.3, -0.25) is 9.69 Å². The second-order valence-electron chi connectivity index (χ2n) is 7.71. The molecule has 2 saturated heterocycles. The fourth-order valence-electron chi connectivity index (χ4n) is 3.79. The summed E-state index contributed by atoms with van der Waals surface area (Å²) in [6, 6.07) is 6.60. The second kappa shape index (κ2) is 8.61. The van der Waals surface area contributed by atoms with Gasteiger partial charge in [-0.25, -0.2) is 8.42 Å². The zero-order chi connectivity index (χ0) is 21.2. The zero-order valence-corrected chi connectivity index (χ0v) is 17.2. The lowest BCUT2D eigenvalue weighted by Crippen LogP contribution is -2.53. The van der Waals surface area contributed by atoms with Gasteiger partial charge in [-0.2, -0.15) is 17.5 Å². The molecule has 0 saturated carbocycles. The van der Waals surface area contributed by atoms with Gasteiger partial charge in [-0.05, 0) is 38.4 Å². The first kappa shape index (κ1) is 22.0. The van der Waals surface area contributed by atoms with Crippen LogP contribution in [0.3, 0.4) is 0 Å². The van der Waals surface area contributed by atoms with E-state index in [0.29, 0.717) is 13.0 Å². The molecule has 0 radical (unpaired) electrons. The first-order valence-electron chi connectivity index (χ1n) is 9.71. The molecule has 2 fully saturated rings. The predicted octanol–water partition coefficient (Wildman–Crippen LogP) is 2.10. The molecule has 29 heavy (non-hydrogen) atoms. The minimum atomic E-state index is -4.24. The highest BCUT2D eigenvalue weighted by Gasteiger charge is 2.42. The number of hydrogen-bond donors (Lipinski definition) is 0. The molecule has 1 amide bonds. The molecule has 2 aliphatic heterocycles. The van der Waals surface area contributed by atoms with Crippen molar-refractivity contribution >= 4 is 15.9 Å². The number of piperazine rings is 1. The van der Waals surface area contributed by atoms with E-state index in [9.17, 15) is 26.4 Å². The number of aryl methyl sites for hydroxylation is 1. The van der Waals surface area contributed by atoms with E-state index < -0.39 is 22.1 Å². The van der Waals surface area contributed by atoms with Gasteiger partial charge in [0.25, 0.3) is 0 Å². The number of carbonyl (C=O) groups excluding carboxylic acids is 1. The Kier molecular flexibility index (Phi) is 6.54. The number of alkyl halides is 3. The Bertz CT molecular complexity index is 819. The molecule has 3 rings (SSSR count). The normalized spacial score (nSPS) is 22.6. The van der Waals surface area contributed by atoms with E-state index in [-0.39, 0.29) is 56.5 Å². The Labute approximate surface area is 169 Å². The van der Waals surface area contributed by atoms with Crippen molar-refractivity contribution in [3.05, 3.63) is 29.8 Å². The summed E-state index contributed by atoms with van der Waals surface area (Å²) < 4.78 is 65.6. The monoisotopic (exact) mass is 433 g/mol. The molecule has 1 aromatic carbocycles. The van der Waals surface area contributed by atoms with Crippen LogP contribution in [0.2, 0.25) is 0 Å². The van der Waals surface area contributed by atoms with Crippen LogP contribution in [0.1, 0.15) is 18.4 Å². The smallest absolute Gasteiger partial charge is 0.339 e. The summed E-state index contributed by atoms with van der Waals surface area (Å²) in [6.07, 6.45) is -3.72. The average molecular weight is 433 g/mol. The van der Waals surface area contributed by atoms with Gasteiger partial charge in [0.2, 0.25) is 15.9 Å². The van der Waals surface area contributed by atoms with Crippen molar-refractivity contribution in [2.24, 2.45) is 5.92 Å². The van der Waals surface area contributed by atoms with E-state index >= 15 is 0 Å². The third kappa shape index (κ3) is 5.29. The minimum Gasteiger partial charge on any atom is -0.339 e. The van der Waals surface area contributed by atoms with E-state index in [0.717, 1.165) is 5.56 Å². The van der Waals surface area contributed by atoms with E-state index in [2.05, 4.69) is 0 Å². The number of halogens is 3. The Hall–Kier alpha value is -1.65. The topological polar surface area (TPSA) is 60.9 Å². The van der Waals surface area contributed by atoms with E-state index in [4.69, 9.17) is 0 Å². The molecule has 6 nitrogen and oxygen atoms in total. The lowest BCUT2D eigenvalue weighted by molar-refractivity contribution is -0.187. The van der Waals surface area contributed by atoms with Crippen molar-refractivity contribution in [1.29, 1.82) is 0 Å². The summed E-state index contributed by atoms with van der Waals surface area (Å²) in [4.78, 5) is 15.8. The summed E-state index contributed by atoms with van der Waals surface area (Å²) in [6.45, 7) is 2.95. The largest absolute Gasteiger partial charge is 0.393 e. The van der Waals surface area contributed by atoms with Crippen molar-refractivity contribution in [1.82, 2.24) is 14.1 Å². The molecule has 1 unspecified atom stereocenters. The van der Waals surface area contributed by atoms with Crippen LogP contribution in [-0.4, -0.2) is 80.4 Å². The maximum Gasteiger partial charge on any atom is 0.393 e. The number of carbonyl (C=O) groups is 1. The van der Waals surface area contributed by atoms with Crippen LogP contribution in [0.15, 0.2) is 29.2 Å². The highest BCUT2D eigenvalue weighted by molar-refractivity contribution is 7.89. The van der Waals surface area contributed by atoms with Crippen molar-refractivity contribution in [3.8, 4) is 0 Å². The molecule has 2 heterocycles. The molecule has 0 bridgehead atoms. The van der Waals surface area contributed by atoms with Crippen molar-refractivity contribution in [2.75, 3.05) is 45.8 Å². The van der Waals surface area contributed by atoms with E-state index in [1.54, 1.807) is 34.1 Å². The fraction of sp³-hybridized carbons (Fsp3) is 0.632. The van der Waals surface area contributed by atoms with Crippen LogP contribution >= 0.6 is 0 Å². The lowest BCUT2D eigenvalue weighted by atomic mass is 9.97. The Morgan fingerprint density at radius 2 is 1.69 bits per heavy atom. The minimum absolute atomic E-state index is 0.0582. The number of benzene rings is 1. The number of amides is 1. The molecule has 0 aliphatic carbocycles. The van der Waals surface area contributed by atoms with Crippen LogP contribution in [0.4, 0.5) is 13.2 Å². The fourth-order valence-corrected chi connectivity index (χ4v) is 5.22. The van der Waals surface area contributed by atoms with Gasteiger partial charge >= 0.3 is 6.18 Å². The molecule has 0 spiro atoms. The standard InChI is InChI=1S/C19H26F3N3O3S/c1-15-4-6-17(7-5-15)29(27,28)25-11-9-24(10-12-25)18(26)14-23-8-2-3-16(13-23)19(20,21)22/h4-7,16H,2-3,8-14H2,1H3. The van der Waals surface area contributed by atoms with Crippen LogP contribution < -0.4 is 0 Å². The Morgan fingerprint density at radius 3 is 2.28 bits per heavy atom. The van der Waals surface area contributed by atoms with E-state index in [1.807, 2.05) is 6.92 Å². The third-order valence-corrected chi connectivity index (χ3v) is 7.49. The quantitative estimate of drug-likeness (QED) is 0.730. The van der Waals surface area contributed by atoms with Crippen LogP contribution in [0.5, 0.6) is 0 Å². The van der Waals surface area contributed by atoms with Gasteiger partial charge in [-0.1, -0.05) is 17.7 Å². The molecule has 0 N–H and O–H groups in total. The molecular formula is C19H26F3N3O3S. The molecular weight excluding hydrogens is 407 g/mol. The van der Waals surface area contributed by atoms with Gasteiger partial charge < -0.3 is 4.90 Å². The van der Waals surface area contributed by atoms with Crippen LogP contribution in [0, 0.1) is 12.8 Å². The number of hydrogen-bond acceptors (Lipinski definition) is 4. The van der Waals surface area contributed by atoms with Crippen molar-refractivity contribution in [3.63, 3.8) is 0 Å². The number of sulfonamides is 1. The summed E-state index contributed by atoms with van der Waals surface area (Å²) in [5.74, 6) is -1.64. The maximum absolute atomic E-state index is 12.9. The number of rotatable bonds is 4. The highest BCUT2D eigenvalue weighted by atomic mass is 32.2. The Morgan fingerprint density at radius 1 is 1.07 bits per heavy atom. The average Bonchev–Trinajstić information content (AvgIpc) is 2.68. The molecule has 162 valence electrons. The van der Waals surface area contributed by atoms with Gasteiger partial charge in [0.1, 0.15) is 0 Å². The molecule has 10 heteroatoms. The number of likely N-dealkylation sites (tertiary alicyclic amines) is 1. The van der Waals surface area contributed by atoms with Crippen molar-refractivity contribution in [2.45, 2.75) is 30.8 Å². The summed E-state index contributed by atoms with van der Waals surface area (Å²) >= 11 is 0. The number of nitrogens with zero attached hydrogens (tertiary/aromatic N) is 3. The molecule has 1 aromatic rings. The first-order chi connectivity index (χ1) is 13.6. The van der Waals surface area contributed by atoms with Crippen molar-refractivity contribution < 1.29 is 26.4 Å². The summed E-state index contributed by atoms with van der Waals surface area (Å²) in [5, 5.41) is 0. The number of piperidine rings is 1. The van der Waals surface area contributed by atoms with E-state index in [1.165, 1.54) is 4.31 Å². The molecule has 0 aromatic heterocycles. The Balaban J connectivity index is 1.54. The third-order valence-electron chi connectivity index (χ3n) is 5.58. The van der Waals surface area contributed by atoms with Crippen LogP contribution in [-0.2, 0) is 14.8 Å². The van der Waals surface area contributed by atoms with Gasteiger partial charge in [0.05, 0.1) is 17.4 Å². The second-order valence-corrected chi connectivity index (χ2v) is 9.65. The summed E-state index contributed by atoms with van der Waals surface area (Å²) in [7, 11) is -3.62. The van der Waals surface area contributed by atoms with Gasteiger partial charge in [-0.15, -0.1) is 0 Å². The zero-order valence-electron chi connectivity index (χ0n) is 16.4. The predicted molar refractivity (Wildman–Crippen MR) is 102 cm³/mol. The lowest BCUT2D eigenvalue weighted by Gasteiger charge is -2.37. The highest BCUT2D eigenvalue weighted by Crippen LogP contribution is 2.33. The summed E-state index contributed by atoms with van der Waals surface area (Å²) in [5.41, 5.74) is 0.963.